The predicted octanol–water partition coefficient (Wildman–Crippen LogP) is 2.08. The summed E-state index contributed by atoms with van der Waals surface area (Å²) in [6.45, 7) is 0.481. The summed E-state index contributed by atoms with van der Waals surface area (Å²) in [7, 11) is 1.59. The standard InChI is InChI=1S/C15H19NO4/c1-20-13-6-4-5-12(11-13)8-9-14(17)16-10-3-2-7-15(18)19/h4-6,8-9,11H,2-3,7,10H2,1H3,(H,16,17)(H,18,19)/b9-8+. The molecule has 0 saturated heterocycles. The fraction of sp³-hybridized carbons (Fsp3) is 0.333. The topological polar surface area (TPSA) is 75.6 Å². The molecule has 0 bridgehead atoms. The minimum atomic E-state index is -0.811. The van der Waals surface area contributed by atoms with Crippen LogP contribution < -0.4 is 10.1 Å². The van der Waals surface area contributed by atoms with Crippen molar-refractivity contribution in [1.82, 2.24) is 5.32 Å². The third-order valence-electron chi connectivity index (χ3n) is 2.64. The summed E-state index contributed by atoms with van der Waals surface area (Å²) >= 11 is 0. The molecule has 108 valence electrons. The SMILES string of the molecule is COc1cccc(/C=C/C(=O)NCCCCC(=O)O)c1. The Morgan fingerprint density at radius 3 is 2.85 bits per heavy atom. The van der Waals surface area contributed by atoms with Crippen molar-refractivity contribution in [1.29, 1.82) is 0 Å². The fourth-order valence-corrected chi connectivity index (χ4v) is 1.59. The van der Waals surface area contributed by atoms with Gasteiger partial charge in [-0.15, -0.1) is 0 Å². The number of hydrogen-bond acceptors (Lipinski definition) is 3. The lowest BCUT2D eigenvalue weighted by Crippen LogP contribution is -2.22. The van der Waals surface area contributed by atoms with Gasteiger partial charge in [0.15, 0.2) is 0 Å². The van der Waals surface area contributed by atoms with Crippen LogP contribution >= 0.6 is 0 Å². The molecule has 0 aliphatic carbocycles. The van der Waals surface area contributed by atoms with Crippen molar-refractivity contribution in [2.45, 2.75) is 19.3 Å². The lowest BCUT2D eigenvalue weighted by molar-refractivity contribution is -0.137. The number of amides is 1. The zero-order valence-corrected chi connectivity index (χ0v) is 11.5. The number of carbonyl (C=O) groups is 2. The average molecular weight is 277 g/mol. The number of ether oxygens (including phenoxy) is 1. The van der Waals surface area contributed by atoms with Crippen molar-refractivity contribution in [2.24, 2.45) is 0 Å². The molecule has 0 aliphatic rings. The number of carboxylic acids is 1. The Kier molecular flexibility index (Phi) is 6.89. The Balaban J connectivity index is 2.30. The minimum absolute atomic E-state index is 0.134. The Hall–Kier alpha value is -2.30. The van der Waals surface area contributed by atoms with Crippen molar-refractivity contribution < 1.29 is 19.4 Å². The van der Waals surface area contributed by atoms with Crippen LogP contribution in [0.15, 0.2) is 30.3 Å². The van der Waals surface area contributed by atoms with Gasteiger partial charge in [0, 0.05) is 19.0 Å². The van der Waals surface area contributed by atoms with E-state index in [2.05, 4.69) is 5.32 Å². The van der Waals surface area contributed by atoms with Crippen molar-refractivity contribution in [2.75, 3.05) is 13.7 Å². The third-order valence-corrected chi connectivity index (χ3v) is 2.64. The molecule has 1 aromatic carbocycles. The van der Waals surface area contributed by atoms with E-state index in [1.54, 1.807) is 13.2 Å². The predicted molar refractivity (Wildman–Crippen MR) is 76.5 cm³/mol. The molecule has 5 nitrogen and oxygen atoms in total. The van der Waals surface area contributed by atoms with Gasteiger partial charge < -0.3 is 15.2 Å². The van der Waals surface area contributed by atoms with Crippen LogP contribution in [0.25, 0.3) is 6.08 Å². The summed E-state index contributed by atoms with van der Waals surface area (Å²) in [5.74, 6) is -0.265. The molecular formula is C15H19NO4. The Morgan fingerprint density at radius 2 is 2.15 bits per heavy atom. The summed E-state index contributed by atoms with van der Waals surface area (Å²) in [6, 6.07) is 7.39. The molecule has 1 aromatic rings. The van der Waals surface area contributed by atoms with E-state index in [1.165, 1.54) is 6.08 Å². The molecule has 5 heteroatoms. The molecule has 0 heterocycles. The summed E-state index contributed by atoms with van der Waals surface area (Å²) < 4.78 is 5.09. The summed E-state index contributed by atoms with van der Waals surface area (Å²) in [6.07, 6.45) is 4.51. The van der Waals surface area contributed by atoms with Gasteiger partial charge in [0.2, 0.25) is 5.91 Å². The highest BCUT2D eigenvalue weighted by atomic mass is 16.5. The maximum absolute atomic E-state index is 11.5. The van der Waals surface area contributed by atoms with Gasteiger partial charge in [-0.3, -0.25) is 9.59 Å². The Labute approximate surface area is 118 Å². The van der Waals surface area contributed by atoms with Crippen LogP contribution in [0.5, 0.6) is 5.75 Å². The second-order valence-electron chi connectivity index (χ2n) is 4.25. The number of carbonyl (C=O) groups excluding carboxylic acids is 1. The molecule has 0 saturated carbocycles. The maximum Gasteiger partial charge on any atom is 0.303 e. The maximum atomic E-state index is 11.5. The smallest absolute Gasteiger partial charge is 0.303 e. The quantitative estimate of drug-likeness (QED) is 0.563. The molecule has 0 spiro atoms. The number of rotatable bonds is 8. The molecule has 0 fully saturated rings. The van der Waals surface area contributed by atoms with Crippen LogP contribution in [0, 0.1) is 0 Å². The van der Waals surface area contributed by atoms with Crippen LogP contribution in [0.3, 0.4) is 0 Å². The second kappa shape index (κ2) is 8.74. The number of carboxylic acid groups (broad SMARTS) is 1. The number of benzene rings is 1. The highest BCUT2D eigenvalue weighted by molar-refractivity contribution is 5.91. The van der Waals surface area contributed by atoms with Gasteiger partial charge in [-0.25, -0.2) is 0 Å². The number of unbranched alkanes of at least 4 members (excludes halogenated alkanes) is 1. The Morgan fingerprint density at radius 1 is 1.35 bits per heavy atom. The van der Waals surface area contributed by atoms with Gasteiger partial charge in [-0.1, -0.05) is 12.1 Å². The monoisotopic (exact) mass is 277 g/mol. The highest BCUT2D eigenvalue weighted by Crippen LogP contribution is 2.13. The van der Waals surface area contributed by atoms with E-state index in [9.17, 15) is 9.59 Å². The first kappa shape index (κ1) is 15.8. The molecule has 0 atom stereocenters. The van der Waals surface area contributed by atoms with Gasteiger partial charge >= 0.3 is 5.97 Å². The fourth-order valence-electron chi connectivity index (χ4n) is 1.59. The zero-order valence-electron chi connectivity index (χ0n) is 11.5. The number of methoxy groups -OCH3 is 1. The molecule has 1 amide bonds. The first-order valence-corrected chi connectivity index (χ1v) is 6.43. The molecule has 0 aromatic heterocycles. The molecule has 0 aliphatic heterocycles. The molecule has 1 rings (SSSR count). The molecular weight excluding hydrogens is 258 g/mol. The van der Waals surface area contributed by atoms with Crippen molar-refractivity contribution in [3.05, 3.63) is 35.9 Å². The van der Waals surface area contributed by atoms with Crippen LogP contribution in [-0.4, -0.2) is 30.6 Å². The van der Waals surface area contributed by atoms with Crippen LogP contribution in [0.2, 0.25) is 0 Å². The van der Waals surface area contributed by atoms with Crippen LogP contribution in [0.4, 0.5) is 0 Å². The summed E-state index contributed by atoms with van der Waals surface area (Å²) in [5, 5.41) is 11.2. The summed E-state index contributed by atoms with van der Waals surface area (Å²) in [4.78, 5) is 21.8. The molecule has 0 unspecified atom stereocenters. The lowest BCUT2D eigenvalue weighted by atomic mass is 10.2. The van der Waals surface area contributed by atoms with E-state index in [1.807, 2.05) is 24.3 Å². The van der Waals surface area contributed by atoms with E-state index in [4.69, 9.17) is 9.84 Å². The van der Waals surface area contributed by atoms with Crippen molar-refractivity contribution in [3.8, 4) is 5.75 Å². The van der Waals surface area contributed by atoms with Crippen molar-refractivity contribution in [3.63, 3.8) is 0 Å². The van der Waals surface area contributed by atoms with Gasteiger partial charge in [-0.2, -0.15) is 0 Å². The lowest BCUT2D eigenvalue weighted by Gasteiger charge is -2.02. The molecule has 20 heavy (non-hydrogen) atoms. The van der Waals surface area contributed by atoms with Gasteiger partial charge in [0.05, 0.1) is 7.11 Å². The summed E-state index contributed by atoms with van der Waals surface area (Å²) in [5.41, 5.74) is 0.880. The minimum Gasteiger partial charge on any atom is -0.497 e. The highest BCUT2D eigenvalue weighted by Gasteiger charge is 1.98. The second-order valence-corrected chi connectivity index (χ2v) is 4.25. The molecule has 0 radical (unpaired) electrons. The van der Waals surface area contributed by atoms with E-state index >= 15 is 0 Å². The van der Waals surface area contributed by atoms with Gasteiger partial charge in [-0.05, 0) is 36.6 Å². The first-order valence-electron chi connectivity index (χ1n) is 6.43. The third kappa shape index (κ3) is 6.58. The number of hydrogen-bond donors (Lipinski definition) is 2. The van der Waals surface area contributed by atoms with E-state index in [-0.39, 0.29) is 12.3 Å². The van der Waals surface area contributed by atoms with Crippen molar-refractivity contribution >= 4 is 18.0 Å². The van der Waals surface area contributed by atoms with E-state index < -0.39 is 5.97 Å². The van der Waals surface area contributed by atoms with Crippen LogP contribution in [-0.2, 0) is 9.59 Å². The van der Waals surface area contributed by atoms with E-state index in [0.29, 0.717) is 19.4 Å². The van der Waals surface area contributed by atoms with Gasteiger partial charge in [0.25, 0.3) is 0 Å². The normalized spacial score (nSPS) is 10.4. The van der Waals surface area contributed by atoms with E-state index in [0.717, 1.165) is 11.3 Å². The molecule has 2 N–H and O–H groups in total. The van der Waals surface area contributed by atoms with Gasteiger partial charge in [0.1, 0.15) is 5.75 Å². The largest absolute Gasteiger partial charge is 0.497 e. The van der Waals surface area contributed by atoms with Crippen LogP contribution in [0.1, 0.15) is 24.8 Å². The average Bonchev–Trinajstić information content (AvgIpc) is 2.44. The number of aliphatic carboxylic acids is 1. The zero-order chi connectivity index (χ0) is 14.8. The first-order chi connectivity index (χ1) is 9.61. The Bertz CT molecular complexity index is 483. The number of nitrogens with one attached hydrogen (secondary N) is 1.